The number of pyridine rings is 1. The van der Waals surface area contributed by atoms with E-state index < -0.39 is 0 Å². The van der Waals surface area contributed by atoms with Gasteiger partial charge in [-0.05, 0) is 28.1 Å². The zero-order chi connectivity index (χ0) is 7.56. The molecule has 3 nitrogen and oxygen atoms in total. The highest BCUT2D eigenvalue weighted by Crippen LogP contribution is 2.24. The fourth-order valence-electron chi connectivity index (χ4n) is 0.561. The van der Waals surface area contributed by atoms with Gasteiger partial charge < -0.3 is 9.84 Å². The van der Waals surface area contributed by atoms with Crippen LogP contribution in [0.2, 0.25) is 0 Å². The summed E-state index contributed by atoms with van der Waals surface area (Å²) in [6.07, 6.45) is 0. The summed E-state index contributed by atoms with van der Waals surface area (Å²) in [4.78, 5) is 3.84. The summed E-state index contributed by atoms with van der Waals surface area (Å²) < 4.78 is 5.38. The summed E-state index contributed by atoms with van der Waals surface area (Å²) in [5.41, 5.74) is 0. The Morgan fingerprint density at radius 2 is 2.30 bits per heavy atom. The van der Waals surface area contributed by atoms with Crippen LogP contribution in [-0.4, -0.2) is 17.2 Å². The molecule has 0 aromatic carbocycles. The largest absolute Gasteiger partial charge is 0.503 e. The number of methoxy groups -OCH3 is 1. The highest BCUT2D eigenvalue weighted by Gasteiger charge is 2.00. The van der Waals surface area contributed by atoms with Crippen LogP contribution in [0.4, 0.5) is 0 Å². The van der Waals surface area contributed by atoms with E-state index in [0.29, 0.717) is 4.60 Å². The second-order valence-electron chi connectivity index (χ2n) is 1.66. The summed E-state index contributed by atoms with van der Waals surface area (Å²) in [5.74, 6) is 0.278. The Bertz CT molecular complexity index is 239. The fourth-order valence-corrected chi connectivity index (χ4v) is 0.854. The van der Waals surface area contributed by atoms with E-state index in [1.807, 2.05) is 0 Å². The molecule has 10 heavy (non-hydrogen) atoms. The molecule has 0 bridgehead atoms. The minimum atomic E-state index is 0.0469. The normalized spacial score (nSPS) is 9.40. The van der Waals surface area contributed by atoms with Crippen LogP contribution < -0.4 is 4.74 Å². The third-order valence-corrected chi connectivity index (χ3v) is 1.44. The van der Waals surface area contributed by atoms with Gasteiger partial charge >= 0.3 is 0 Å². The van der Waals surface area contributed by atoms with Gasteiger partial charge in [-0.25, -0.2) is 4.98 Å². The van der Waals surface area contributed by atoms with Crippen molar-refractivity contribution in [3.05, 3.63) is 16.7 Å². The molecule has 0 unspecified atom stereocenters. The van der Waals surface area contributed by atoms with E-state index in [9.17, 15) is 0 Å². The van der Waals surface area contributed by atoms with Gasteiger partial charge in [0.1, 0.15) is 4.60 Å². The van der Waals surface area contributed by atoms with Crippen LogP contribution in [0.1, 0.15) is 0 Å². The standard InChI is InChI=1S/C6H6BrNO2/c1-10-6-4(9)2-3-5(7)8-6/h2-3,9H,1H3. The Morgan fingerprint density at radius 3 is 2.80 bits per heavy atom. The van der Waals surface area contributed by atoms with Gasteiger partial charge in [-0.1, -0.05) is 0 Å². The minimum Gasteiger partial charge on any atom is -0.503 e. The molecule has 0 atom stereocenters. The molecular formula is C6H6BrNO2. The first-order valence-electron chi connectivity index (χ1n) is 2.63. The van der Waals surface area contributed by atoms with E-state index in [4.69, 9.17) is 9.84 Å². The maximum absolute atomic E-state index is 9.03. The Kier molecular flexibility index (Phi) is 2.11. The number of hydrogen-bond acceptors (Lipinski definition) is 3. The van der Waals surface area contributed by atoms with Gasteiger partial charge in [-0.2, -0.15) is 0 Å². The number of halogens is 1. The molecule has 1 N–H and O–H groups in total. The van der Waals surface area contributed by atoms with Crippen molar-refractivity contribution in [2.75, 3.05) is 7.11 Å². The van der Waals surface area contributed by atoms with Gasteiger partial charge in [-0.15, -0.1) is 0 Å². The maximum Gasteiger partial charge on any atom is 0.257 e. The average molecular weight is 204 g/mol. The van der Waals surface area contributed by atoms with Crippen LogP contribution in [0.3, 0.4) is 0 Å². The highest BCUT2D eigenvalue weighted by atomic mass is 79.9. The summed E-state index contributed by atoms with van der Waals surface area (Å²) in [7, 11) is 1.45. The van der Waals surface area contributed by atoms with Crippen molar-refractivity contribution in [1.82, 2.24) is 4.98 Å². The van der Waals surface area contributed by atoms with Crippen molar-refractivity contribution in [2.45, 2.75) is 0 Å². The summed E-state index contributed by atoms with van der Waals surface area (Å²) in [5, 5.41) is 9.03. The molecule has 0 spiro atoms. The molecule has 0 saturated carbocycles. The molecule has 0 amide bonds. The van der Waals surface area contributed by atoms with Crippen molar-refractivity contribution >= 4 is 15.9 Å². The molecule has 54 valence electrons. The number of nitrogens with zero attached hydrogens (tertiary/aromatic N) is 1. The van der Waals surface area contributed by atoms with E-state index in [2.05, 4.69) is 20.9 Å². The van der Waals surface area contributed by atoms with E-state index >= 15 is 0 Å². The summed E-state index contributed by atoms with van der Waals surface area (Å²) >= 11 is 3.13. The lowest BCUT2D eigenvalue weighted by Crippen LogP contribution is -1.87. The Hall–Kier alpha value is -0.770. The lowest BCUT2D eigenvalue weighted by Gasteiger charge is -2.00. The maximum atomic E-state index is 9.03. The van der Waals surface area contributed by atoms with E-state index in [1.165, 1.54) is 13.2 Å². The minimum absolute atomic E-state index is 0.0469. The zero-order valence-corrected chi connectivity index (χ0v) is 6.92. The predicted octanol–water partition coefficient (Wildman–Crippen LogP) is 1.56. The quantitative estimate of drug-likeness (QED) is 0.705. The zero-order valence-electron chi connectivity index (χ0n) is 5.34. The molecule has 1 aromatic rings. The van der Waals surface area contributed by atoms with Crippen LogP contribution in [0, 0.1) is 0 Å². The third-order valence-electron chi connectivity index (χ3n) is 1.000. The van der Waals surface area contributed by atoms with Gasteiger partial charge in [0, 0.05) is 0 Å². The molecule has 1 heterocycles. The van der Waals surface area contributed by atoms with Crippen LogP contribution in [0.5, 0.6) is 11.6 Å². The molecule has 0 aliphatic carbocycles. The van der Waals surface area contributed by atoms with E-state index in [0.717, 1.165) is 0 Å². The molecule has 1 aromatic heterocycles. The van der Waals surface area contributed by atoms with E-state index in [-0.39, 0.29) is 11.6 Å². The topological polar surface area (TPSA) is 42.4 Å². The molecular weight excluding hydrogens is 198 g/mol. The molecule has 0 aliphatic rings. The number of aromatic hydroxyl groups is 1. The Morgan fingerprint density at radius 1 is 1.60 bits per heavy atom. The number of rotatable bonds is 1. The first-order chi connectivity index (χ1) is 4.74. The smallest absolute Gasteiger partial charge is 0.257 e. The van der Waals surface area contributed by atoms with Crippen LogP contribution in [-0.2, 0) is 0 Å². The van der Waals surface area contributed by atoms with Gasteiger partial charge in [0.2, 0.25) is 0 Å². The van der Waals surface area contributed by atoms with Crippen LogP contribution >= 0.6 is 15.9 Å². The lowest BCUT2D eigenvalue weighted by atomic mass is 10.4. The first-order valence-corrected chi connectivity index (χ1v) is 3.43. The van der Waals surface area contributed by atoms with Crippen molar-refractivity contribution in [1.29, 1.82) is 0 Å². The molecule has 1 rings (SSSR count). The van der Waals surface area contributed by atoms with Gasteiger partial charge in [0.05, 0.1) is 7.11 Å². The monoisotopic (exact) mass is 203 g/mol. The second kappa shape index (κ2) is 2.88. The molecule has 0 saturated heterocycles. The fraction of sp³-hybridized carbons (Fsp3) is 0.167. The predicted molar refractivity (Wildman–Crippen MR) is 40.2 cm³/mol. The SMILES string of the molecule is COc1nc(Br)ccc1O. The summed E-state index contributed by atoms with van der Waals surface area (Å²) in [6, 6.07) is 3.15. The first kappa shape index (κ1) is 7.34. The number of ether oxygens (including phenoxy) is 1. The van der Waals surface area contributed by atoms with Crippen molar-refractivity contribution in [2.24, 2.45) is 0 Å². The molecule has 4 heteroatoms. The second-order valence-corrected chi connectivity index (χ2v) is 2.47. The van der Waals surface area contributed by atoms with E-state index in [1.54, 1.807) is 6.07 Å². The molecule has 0 radical (unpaired) electrons. The Labute approximate surface area is 66.8 Å². The van der Waals surface area contributed by atoms with Crippen LogP contribution in [0.15, 0.2) is 16.7 Å². The Balaban J connectivity index is 3.09. The number of aromatic nitrogens is 1. The van der Waals surface area contributed by atoms with Crippen LogP contribution in [0.25, 0.3) is 0 Å². The highest BCUT2D eigenvalue weighted by molar-refractivity contribution is 9.10. The van der Waals surface area contributed by atoms with Crippen molar-refractivity contribution in [3.8, 4) is 11.6 Å². The lowest BCUT2D eigenvalue weighted by molar-refractivity contribution is 0.358. The van der Waals surface area contributed by atoms with Gasteiger partial charge in [-0.3, -0.25) is 0 Å². The molecule has 0 aliphatic heterocycles. The summed E-state index contributed by atoms with van der Waals surface area (Å²) in [6.45, 7) is 0. The molecule has 0 fully saturated rings. The number of hydrogen-bond donors (Lipinski definition) is 1. The van der Waals surface area contributed by atoms with Gasteiger partial charge in [0.25, 0.3) is 5.88 Å². The van der Waals surface area contributed by atoms with Crippen molar-refractivity contribution in [3.63, 3.8) is 0 Å². The average Bonchev–Trinajstić information content (AvgIpc) is 1.94. The third kappa shape index (κ3) is 1.39. The van der Waals surface area contributed by atoms with Gasteiger partial charge in [0.15, 0.2) is 5.75 Å². The van der Waals surface area contributed by atoms with Crippen molar-refractivity contribution < 1.29 is 9.84 Å².